The lowest BCUT2D eigenvalue weighted by Gasteiger charge is -2.35. The predicted octanol–water partition coefficient (Wildman–Crippen LogP) is 4.72. The van der Waals surface area contributed by atoms with Gasteiger partial charge in [0, 0.05) is 34.6 Å². The van der Waals surface area contributed by atoms with Crippen LogP contribution in [0.5, 0.6) is 0 Å². The van der Waals surface area contributed by atoms with Crippen LogP contribution in [-0.2, 0) is 20.1 Å². The number of likely N-dealkylation sites (tertiary alicyclic amines) is 1. The van der Waals surface area contributed by atoms with Gasteiger partial charge in [-0.1, -0.05) is 84.4 Å². The summed E-state index contributed by atoms with van der Waals surface area (Å²) >= 11 is 2.89. The van der Waals surface area contributed by atoms with E-state index in [2.05, 4.69) is 37.7 Å². The van der Waals surface area contributed by atoms with Crippen LogP contribution in [0.1, 0.15) is 51.0 Å². The molecule has 0 spiro atoms. The number of thioether (sulfide) groups is 1. The smallest absolute Gasteiger partial charge is 0.247 e. The maximum atomic E-state index is 14.4. The molecule has 9 nitrogen and oxygen atoms in total. The molecular weight excluding hydrogens is 581 g/mol. The number of nitrogens with one attached hydrogen (secondary N) is 3. The fraction of sp³-hybridized carbons (Fsp3) is 0.469. The van der Waals surface area contributed by atoms with Crippen LogP contribution in [0.4, 0.5) is 5.00 Å². The Balaban J connectivity index is 1.38. The minimum Gasteiger partial charge on any atom is -0.343 e. The number of amides is 3. The molecule has 3 aromatic rings. The number of carbonyl (C=O) groups is 3. The molecule has 2 heterocycles. The van der Waals surface area contributed by atoms with E-state index in [0.29, 0.717) is 23.7 Å². The minimum absolute atomic E-state index is 0.0457. The van der Waals surface area contributed by atoms with E-state index in [0.717, 1.165) is 55.0 Å². The molecule has 11 heteroatoms. The van der Waals surface area contributed by atoms with Gasteiger partial charge in [0.2, 0.25) is 17.7 Å². The van der Waals surface area contributed by atoms with E-state index in [9.17, 15) is 14.4 Å². The minimum atomic E-state index is -0.670. The van der Waals surface area contributed by atoms with E-state index in [1.165, 1.54) is 5.56 Å². The number of hydrogen-bond acceptors (Lipinski definition) is 8. The zero-order valence-electron chi connectivity index (χ0n) is 24.7. The van der Waals surface area contributed by atoms with Crippen molar-refractivity contribution in [3.63, 3.8) is 0 Å². The van der Waals surface area contributed by atoms with Crippen molar-refractivity contribution in [2.75, 3.05) is 18.9 Å². The number of nitrogens with zero attached hydrogens (tertiary/aromatic N) is 3. The Hall–Kier alpha value is -3.28. The maximum Gasteiger partial charge on any atom is 0.247 e. The molecule has 4 atom stereocenters. The SMILES string of the molecule is CN[C@@H](C)C(=O)NC(C(=O)N1C[C@H](SCc2ccccc2)CC1C(=O)Nc1snnc1-c1ccccc1)C1CCCCC1. The van der Waals surface area contributed by atoms with Crippen LogP contribution in [0.25, 0.3) is 11.3 Å². The van der Waals surface area contributed by atoms with Gasteiger partial charge < -0.3 is 20.9 Å². The van der Waals surface area contributed by atoms with Crippen LogP contribution >= 0.6 is 23.3 Å². The quantitative estimate of drug-likeness (QED) is 0.284. The van der Waals surface area contributed by atoms with Crippen molar-refractivity contribution in [2.45, 2.75) is 74.6 Å². The summed E-state index contributed by atoms with van der Waals surface area (Å²) in [6, 6.07) is 18.1. The second kappa shape index (κ2) is 14.9. The van der Waals surface area contributed by atoms with Crippen molar-refractivity contribution in [3.05, 3.63) is 66.2 Å². The van der Waals surface area contributed by atoms with Crippen LogP contribution in [0.2, 0.25) is 0 Å². The second-order valence-corrected chi connectivity index (χ2v) is 13.4. The Kier molecular flexibility index (Phi) is 10.8. The molecule has 3 N–H and O–H groups in total. The Morgan fingerprint density at radius 2 is 1.72 bits per heavy atom. The summed E-state index contributed by atoms with van der Waals surface area (Å²) in [7, 11) is 1.73. The first-order valence-electron chi connectivity index (χ1n) is 15.1. The molecular formula is C32H40N6O3S2. The highest BCUT2D eigenvalue weighted by Crippen LogP contribution is 2.35. The fourth-order valence-electron chi connectivity index (χ4n) is 5.89. The highest BCUT2D eigenvalue weighted by Gasteiger charge is 2.44. The average molecular weight is 621 g/mol. The van der Waals surface area contributed by atoms with Gasteiger partial charge in [-0.15, -0.1) is 5.10 Å². The molecule has 2 unspecified atom stereocenters. The topological polar surface area (TPSA) is 116 Å². The molecule has 2 aromatic carbocycles. The number of benzene rings is 2. The van der Waals surface area contributed by atoms with Crippen molar-refractivity contribution < 1.29 is 14.4 Å². The first kappa shape index (κ1) is 31.2. The van der Waals surface area contributed by atoms with Gasteiger partial charge >= 0.3 is 0 Å². The maximum absolute atomic E-state index is 14.4. The molecule has 5 rings (SSSR count). The molecule has 2 aliphatic rings. The third kappa shape index (κ3) is 7.82. The van der Waals surface area contributed by atoms with Crippen molar-refractivity contribution in [2.24, 2.45) is 5.92 Å². The van der Waals surface area contributed by atoms with Crippen molar-refractivity contribution in [1.29, 1.82) is 0 Å². The van der Waals surface area contributed by atoms with Gasteiger partial charge in [0.05, 0.1) is 6.04 Å². The van der Waals surface area contributed by atoms with Gasteiger partial charge in [0.15, 0.2) is 0 Å². The number of anilines is 1. The summed E-state index contributed by atoms with van der Waals surface area (Å²) < 4.78 is 4.10. The third-order valence-corrected chi connectivity index (χ3v) is 10.4. The van der Waals surface area contributed by atoms with Gasteiger partial charge in [-0.3, -0.25) is 14.4 Å². The molecule has 1 saturated heterocycles. The summed E-state index contributed by atoms with van der Waals surface area (Å²) in [5.74, 6) is 0.213. The van der Waals surface area contributed by atoms with Crippen LogP contribution in [-0.4, -0.2) is 69.2 Å². The normalized spacial score (nSPS) is 20.4. The Morgan fingerprint density at radius 3 is 2.42 bits per heavy atom. The van der Waals surface area contributed by atoms with E-state index >= 15 is 0 Å². The van der Waals surface area contributed by atoms with E-state index in [1.54, 1.807) is 30.6 Å². The lowest BCUT2D eigenvalue weighted by molar-refractivity contribution is -0.142. The molecule has 1 aromatic heterocycles. The second-order valence-electron chi connectivity index (χ2n) is 11.4. The van der Waals surface area contributed by atoms with Gasteiger partial charge in [0.1, 0.15) is 22.8 Å². The highest BCUT2D eigenvalue weighted by atomic mass is 32.2. The average Bonchev–Trinajstić information content (AvgIpc) is 3.70. The van der Waals surface area contributed by atoms with Crippen LogP contribution in [0.15, 0.2) is 60.7 Å². The van der Waals surface area contributed by atoms with Crippen LogP contribution < -0.4 is 16.0 Å². The third-order valence-electron chi connectivity index (χ3n) is 8.46. The lowest BCUT2D eigenvalue weighted by Crippen LogP contribution is -2.57. The molecule has 1 saturated carbocycles. The number of hydrogen-bond donors (Lipinski definition) is 3. The monoisotopic (exact) mass is 620 g/mol. The summed E-state index contributed by atoms with van der Waals surface area (Å²) in [5.41, 5.74) is 2.68. The molecule has 1 aliphatic carbocycles. The molecule has 43 heavy (non-hydrogen) atoms. The number of rotatable bonds is 11. The van der Waals surface area contributed by atoms with E-state index in [-0.39, 0.29) is 28.9 Å². The molecule has 1 aliphatic heterocycles. The van der Waals surface area contributed by atoms with Crippen molar-refractivity contribution >= 4 is 46.0 Å². The molecule has 0 bridgehead atoms. The Bertz CT molecular complexity index is 1370. The fourth-order valence-corrected chi connectivity index (χ4v) is 7.69. The van der Waals surface area contributed by atoms with Gasteiger partial charge in [-0.2, -0.15) is 11.8 Å². The first-order valence-corrected chi connectivity index (χ1v) is 16.9. The van der Waals surface area contributed by atoms with Gasteiger partial charge in [-0.05, 0) is 44.7 Å². The van der Waals surface area contributed by atoms with Gasteiger partial charge in [0.25, 0.3) is 0 Å². The molecule has 3 amide bonds. The summed E-state index contributed by atoms with van der Waals surface area (Å²) in [6.07, 6.45) is 5.50. The van der Waals surface area contributed by atoms with Crippen LogP contribution in [0, 0.1) is 5.92 Å². The van der Waals surface area contributed by atoms with Crippen molar-refractivity contribution in [1.82, 2.24) is 25.1 Å². The highest BCUT2D eigenvalue weighted by molar-refractivity contribution is 7.99. The van der Waals surface area contributed by atoms with E-state index in [4.69, 9.17) is 0 Å². The number of aromatic nitrogens is 2. The van der Waals surface area contributed by atoms with E-state index in [1.807, 2.05) is 48.5 Å². The first-order chi connectivity index (χ1) is 20.9. The Morgan fingerprint density at radius 1 is 1.02 bits per heavy atom. The summed E-state index contributed by atoms with van der Waals surface area (Å²) in [4.78, 5) is 43.1. The number of likely N-dealkylation sites (N-methyl/N-ethyl adjacent to an activating group) is 1. The zero-order chi connectivity index (χ0) is 30.2. The van der Waals surface area contributed by atoms with Crippen molar-refractivity contribution in [3.8, 4) is 11.3 Å². The predicted molar refractivity (Wildman–Crippen MR) is 173 cm³/mol. The zero-order valence-corrected chi connectivity index (χ0v) is 26.3. The van der Waals surface area contributed by atoms with Gasteiger partial charge in [-0.25, -0.2) is 0 Å². The Labute approximate surface area is 261 Å². The summed E-state index contributed by atoms with van der Waals surface area (Å²) in [6.45, 7) is 2.23. The lowest BCUT2D eigenvalue weighted by atomic mass is 9.83. The largest absolute Gasteiger partial charge is 0.343 e. The van der Waals surface area contributed by atoms with Crippen LogP contribution in [0.3, 0.4) is 0 Å². The summed E-state index contributed by atoms with van der Waals surface area (Å²) in [5, 5.41) is 14.0. The number of carbonyl (C=O) groups excluding carboxylic acids is 3. The molecule has 2 fully saturated rings. The molecule has 228 valence electrons. The standard InChI is InChI=1S/C32H40N6O3S2/c1-21(33-2)29(39)34-28(24-16-10-5-11-17-24)32(41)38-19-25(42-20-22-12-6-3-7-13-22)18-26(38)30(40)35-31-27(36-37-43-31)23-14-8-4-9-15-23/h3-4,6-9,12-15,21,24-26,28,33H,5,10-11,16-20H2,1-2H3,(H,34,39)(H,35,40)/t21-,25+,26?,28?/m0/s1. The molecule has 0 radical (unpaired) electrons. The van der Waals surface area contributed by atoms with E-state index < -0.39 is 18.1 Å².